The number of hydrogen-bond donors (Lipinski definition) is 4. The summed E-state index contributed by atoms with van der Waals surface area (Å²) in [5.74, 6) is -1.24. The van der Waals surface area contributed by atoms with Crippen molar-refractivity contribution in [3.05, 3.63) is 126 Å². The highest BCUT2D eigenvalue weighted by Gasteiger charge is 2.37. The Hall–Kier alpha value is -5.13. The third-order valence-electron chi connectivity index (χ3n) is 8.11. The van der Waals surface area contributed by atoms with Crippen LogP contribution in [0.1, 0.15) is 39.5 Å². The first-order valence-corrected chi connectivity index (χ1v) is 15.3. The van der Waals surface area contributed by atoms with E-state index in [4.69, 9.17) is 4.74 Å². The number of hydrogen-bond acceptors (Lipinski definition) is 7. The first-order valence-electron chi connectivity index (χ1n) is 15.3. The summed E-state index contributed by atoms with van der Waals surface area (Å²) in [6, 6.07) is 28.7. The number of aryl methyl sites for hydroxylation is 1. The van der Waals surface area contributed by atoms with Crippen molar-refractivity contribution in [2.24, 2.45) is 0 Å². The Bertz CT molecular complexity index is 1540. The number of amides is 3. The molecule has 0 bridgehead atoms. The molecule has 1 saturated heterocycles. The van der Waals surface area contributed by atoms with E-state index in [1.54, 1.807) is 12.1 Å². The predicted octanol–water partition coefficient (Wildman–Crippen LogP) is 3.95. The molecule has 2 heterocycles. The molecule has 3 aromatic carbocycles. The quantitative estimate of drug-likeness (QED) is 0.186. The molecule has 0 radical (unpaired) electrons. The topological polar surface area (TPSA) is 146 Å². The summed E-state index contributed by atoms with van der Waals surface area (Å²) >= 11 is 0. The molecule has 11 heteroatoms. The minimum atomic E-state index is -1.20. The van der Waals surface area contributed by atoms with E-state index in [2.05, 4.69) is 26.1 Å². The smallest absolute Gasteiger partial charge is 0.407 e. The molecule has 5 rings (SSSR count). The number of carboxylic acid groups (broad SMARTS) is 1. The Morgan fingerprint density at radius 2 is 1.63 bits per heavy atom. The summed E-state index contributed by atoms with van der Waals surface area (Å²) in [5, 5.41) is 26.9. The van der Waals surface area contributed by atoms with Crippen LogP contribution in [0.25, 0.3) is 0 Å². The number of anilines is 1. The maximum Gasteiger partial charge on any atom is 0.407 e. The van der Waals surface area contributed by atoms with E-state index in [-0.39, 0.29) is 23.7 Å². The number of likely N-dealkylation sites (N-methyl/N-ethyl adjacent to an activating group) is 1. The fraction of sp³-hybridized carbons (Fsp3) is 0.286. The largest absolute Gasteiger partial charge is 0.465 e. The van der Waals surface area contributed by atoms with Crippen LogP contribution in [0.2, 0.25) is 0 Å². The third-order valence-corrected chi connectivity index (χ3v) is 8.11. The van der Waals surface area contributed by atoms with E-state index in [0.29, 0.717) is 38.2 Å². The lowest BCUT2D eigenvalue weighted by molar-refractivity contribution is -0.120. The molecule has 0 unspecified atom stereocenters. The molecule has 238 valence electrons. The van der Waals surface area contributed by atoms with Gasteiger partial charge in [-0.1, -0.05) is 78.9 Å². The van der Waals surface area contributed by atoms with Gasteiger partial charge in [0.15, 0.2) is 5.69 Å². The Balaban J connectivity index is 1.23. The normalized spacial score (nSPS) is 16.7. The van der Waals surface area contributed by atoms with E-state index in [1.807, 2.05) is 84.9 Å². The summed E-state index contributed by atoms with van der Waals surface area (Å²) in [4.78, 5) is 39.7. The van der Waals surface area contributed by atoms with Gasteiger partial charge < -0.3 is 25.8 Å². The lowest BCUT2D eigenvalue weighted by Crippen LogP contribution is -2.51. The minimum absolute atomic E-state index is 0.0335. The fourth-order valence-corrected chi connectivity index (χ4v) is 5.64. The number of nitrogens with one attached hydrogen (secondary N) is 3. The van der Waals surface area contributed by atoms with Gasteiger partial charge >= 0.3 is 6.09 Å². The molecule has 3 atom stereocenters. The first kappa shape index (κ1) is 32.3. The van der Waals surface area contributed by atoms with Crippen LogP contribution >= 0.6 is 0 Å². The lowest BCUT2D eigenvalue weighted by Gasteiger charge is -2.33. The van der Waals surface area contributed by atoms with E-state index in [1.165, 1.54) is 13.2 Å². The first-order chi connectivity index (χ1) is 22.4. The highest BCUT2D eigenvalue weighted by molar-refractivity contribution is 5.98. The van der Waals surface area contributed by atoms with Crippen LogP contribution in [0.4, 0.5) is 10.5 Å². The third kappa shape index (κ3) is 8.32. The standard InChI is InChI=1S/C35H38N6O5/c1-41(35(44)45)32(31(25-12-4-2-5-13-25)26-14-6-3-7-15-26)34(43)39-29-16-9-8-11-24(29)18-19-28-22-36-27(23-46-28)21-37-33(42)30-17-10-20-38-40-30/h2-17,20,27-28,31-32,36H,18-19,21-23H2,1H3,(H,37,42)(H,39,43)(H,44,45)/t27-,28-,32+/m1/s1. The summed E-state index contributed by atoms with van der Waals surface area (Å²) < 4.78 is 6.10. The number of ether oxygens (including phenoxy) is 1. The Morgan fingerprint density at radius 3 is 2.24 bits per heavy atom. The van der Waals surface area contributed by atoms with Gasteiger partial charge in [-0.05, 0) is 47.7 Å². The summed E-state index contributed by atoms with van der Waals surface area (Å²) in [7, 11) is 1.43. The van der Waals surface area contributed by atoms with Crippen molar-refractivity contribution in [3.8, 4) is 0 Å². The van der Waals surface area contributed by atoms with Crippen molar-refractivity contribution < 1.29 is 24.2 Å². The van der Waals surface area contributed by atoms with Gasteiger partial charge in [0.2, 0.25) is 5.91 Å². The second-order valence-corrected chi connectivity index (χ2v) is 11.2. The molecular weight excluding hydrogens is 584 g/mol. The molecule has 4 N–H and O–H groups in total. The van der Waals surface area contributed by atoms with Crippen molar-refractivity contribution in [1.82, 2.24) is 25.7 Å². The fourth-order valence-electron chi connectivity index (χ4n) is 5.64. The Morgan fingerprint density at radius 1 is 0.957 bits per heavy atom. The molecule has 11 nitrogen and oxygen atoms in total. The lowest BCUT2D eigenvalue weighted by atomic mass is 9.84. The molecule has 1 fully saturated rings. The van der Waals surface area contributed by atoms with Crippen LogP contribution in [-0.2, 0) is 16.0 Å². The molecule has 0 aliphatic carbocycles. The van der Waals surface area contributed by atoms with Crippen LogP contribution < -0.4 is 16.0 Å². The Labute approximate surface area is 268 Å². The summed E-state index contributed by atoms with van der Waals surface area (Å²) in [6.07, 6.45) is 1.60. The monoisotopic (exact) mass is 622 g/mol. The van der Waals surface area contributed by atoms with Crippen LogP contribution in [-0.4, -0.2) is 83.0 Å². The second-order valence-electron chi connectivity index (χ2n) is 11.2. The number of carbonyl (C=O) groups is 3. The number of benzene rings is 3. The zero-order chi connectivity index (χ0) is 32.3. The maximum atomic E-state index is 14.1. The van der Waals surface area contributed by atoms with Gasteiger partial charge in [-0.15, -0.1) is 5.10 Å². The average Bonchev–Trinajstić information content (AvgIpc) is 3.10. The number of carbonyl (C=O) groups excluding carboxylic acids is 2. The molecule has 46 heavy (non-hydrogen) atoms. The van der Waals surface area contributed by atoms with Gasteiger partial charge in [-0.2, -0.15) is 5.10 Å². The summed E-state index contributed by atoms with van der Waals surface area (Å²) in [6.45, 7) is 1.45. The van der Waals surface area contributed by atoms with Crippen LogP contribution in [0.3, 0.4) is 0 Å². The molecule has 1 aromatic heterocycles. The van der Waals surface area contributed by atoms with Gasteiger partial charge in [0.05, 0.1) is 12.7 Å². The molecule has 3 amide bonds. The number of para-hydroxylation sites is 1. The molecule has 1 aliphatic heterocycles. The van der Waals surface area contributed by atoms with E-state index in [9.17, 15) is 19.5 Å². The van der Waals surface area contributed by atoms with Crippen molar-refractivity contribution >= 4 is 23.6 Å². The molecule has 0 saturated carbocycles. The zero-order valence-corrected chi connectivity index (χ0v) is 25.6. The molecule has 1 aliphatic rings. The number of nitrogens with zero attached hydrogens (tertiary/aromatic N) is 3. The van der Waals surface area contributed by atoms with Crippen LogP contribution in [0.5, 0.6) is 0 Å². The van der Waals surface area contributed by atoms with Gasteiger partial charge in [0.1, 0.15) is 6.04 Å². The van der Waals surface area contributed by atoms with Crippen molar-refractivity contribution in [2.45, 2.75) is 36.9 Å². The number of aromatic nitrogens is 2. The maximum absolute atomic E-state index is 14.1. The summed E-state index contributed by atoms with van der Waals surface area (Å²) in [5.41, 5.74) is 3.49. The van der Waals surface area contributed by atoms with E-state index in [0.717, 1.165) is 21.6 Å². The minimum Gasteiger partial charge on any atom is -0.465 e. The average molecular weight is 623 g/mol. The molecular formula is C35H38N6O5. The second kappa shape index (κ2) is 15.7. The van der Waals surface area contributed by atoms with Gasteiger partial charge in [0, 0.05) is 44.0 Å². The highest BCUT2D eigenvalue weighted by Crippen LogP contribution is 2.32. The van der Waals surface area contributed by atoms with Gasteiger partial charge in [-0.25, -0.2) is 4.79 Å². The van der Waals surface area contributed by atoms with Crippen LogP contribution in [0, 0.1) is 0 Å². The zero-order valence-electron chi connectivity index (χ0n) is 25.6. The predicted molar refractivity (Wildman–Crippen MR) is 174 cm³/mol. The van der Waals surface area contributed by atoms with E-state index >= 15 is 0 Å². The van der Waals surface area contributed by atoms with E-state index < -0.39 is 24.0 Å². The van der Waals surface area contributed by atoms with Crippen molar-refractivity contribution in [1.29, 1.82) is 0 Å². The highest BCUT2D eigenvalue weighted by atomic mass is 16.5. The van der Waals surface area contributed by atoms with Crippen molar-refractivity contribution in [2.75, 3.05) is 32.1 Å². The molecule has 0 spiro atoms. The number of morpholine rings is 1. The SMILES string of the molecule is CN(C(=O)O)[C@H](C(=O)Nc1ccccc1CC[C@@H]1CN[C@H](CNC(=O)c2cccnn2)CO1)C(c1ccccc1)c1ccccc1. The van der Waals surface area contributed by atoms with Crippen molar-refractivity contribution in [3.63, 3.8) is 0 Å². The Kier molecular flexibility index (Phi) is 11.0. The molecule has 4 aromatic rings. The number of rotatable bonds is 12. The van der Waals surface area contributed by atoms with Gasteiger partial charge in [0.25, 0.3) is 5.91 Å². The van der Waals surface area contributed by atoms with Gasteiger partial charge in [-0.3, -0.25) is 14.5 Å². The van der Waals surface area contributed by atoms with Crippen LogP contribution in [0.15, 0.2) is 103 Å².